The highest BCUT2D eigenvalue weighted by molar-refractivity contribution is 6.33. The van der Waals surface area contributed by atoms with Crippen LogP contribution in [0.25, 0.3) is 0 Å². The maximum Gasteiger partial charge on any atom is 0.0850 e. The van der Waals surface area contributed by atoms with Gasteiger partial charge in [0.25, 0.3) is 0 Å². The van der Waals surface area contributed by atoms with E-state index in [0.717, 1.165) is 28.6 Å². The molecule has 0 aliphatic carbocycles. The van der Waals surface area contributed by atoms with Gasteiger partial charge in [-0.3, -0.25) is 0 Å². The Morgan fingerprint density at radius 2 is 2.17 bits per heavy atom. The van der Waals surface area contributed by atoms with Crippen LogP contribution in [0, 0.1) is 0 Å². The van der Waals surface area contributed by atoms with Crippen LogP contribution in [0.2, 0.25) is 10.0 Å². The number of benzene rings is 1. The maximum absolute atomic E-state index is 5.95. The molecule has 0 aromatic heterocycles. The van der Waals surface area contributed by atoms with Gasteiger partial charge in [0.05, 0.1) is 12.7 Å². The highest BCUT2D eigenvalue weighted by Crippen LogP contribution is 2.25. The molecule has 1 fully saturated rings. The Balaban J connectivity index is 2.21. The molecule has 1 aliphatic rings. The van der Waals surface area contributed by atoms with Crippen molar-refractivity contribution in [2.75, 3.05) is 6.61 Å². The normalized spacial score (nSPS) is 21.0. The first-order valence-electron chi connectivity index (χ1n) is 3.81. The smallest absolute Gasteiger partial charge is 0.0850 e. The second-order valence-electron chi connectivity index (χ2n) is 2.90. The third kappa shape index (κ3) is 1.92. The third-order valence-electron chi connectivity index (χ3n) is 1.86. The molecule has 0 amide bonds. The van der Waals surface area contributed by atoms with Gasteiger partial charge in [-0.2, -0.15) is 0 Å². The predicted molar refractivity (Wildman–Crippen MR) is 49.9 cm³/mol. The Bertz CT molecular complexity index is 295. The standard InChI is InChI=1S/C9H8Cl2O/c10-7-1-2-9(11)6(3-7)4-8-5-12-8/h1-3,8H,4-5H2. The zero-order valence-corrected chi connectivity index (χ0v) is 7.90. The molecular formula is C9H8Cl2O. The van der Waals surface area contributed by atoms with Crippen molar-refractivity contribution in [2.24, 2.45) is 0 Å². The van der Waals surface area contributed by atoms with Gasteiger partial charge in [0, 0.05) is 16.5 Å². The molecule has 0 N–H and O–H groups in total. The first-order valence-corrected chi connectivity index (χ1v) is 4.57. The molecule has 0 spiro atoms. The highest BCUT2D eigenvalue weighted by atomic mass is 35.5. The lowest BCUT2D eigenvalue weighted by atomic mass is 10.1. The van der Waals surface area contributed by atoms with E-state index < -0.39 is 0 Å². The Hall–Kier alpha value is -0.240. The molecule has 1 aromatic rings. The van der Waals surface area contributed by atoms with Crippen LogP contribution in [0.5, 0.6) is 0 Å². The van der Waals surface area contributed by atoms with Gasteiger partial charge in [-0.1, -0.05) is 23.2 Å². The van der Waals surface area contributed by atoms with Crippen LogP contribution in [0.4, 0.5) is 0 Å². The number of ether oxygens (including phenoxy) is 1. The molecule has 1 heterocycles. The van der Waals surface area contributed by atoms with Gasteiger partial charge in [0.2, 0.25) is 0 Å². The van der Waals surface area contributed by atoms with Crippen molar-refractivity contribution in [1.29, 1.82) is 0 Å². The molecule has 1 aliphatic heterocycles. The summed E-state index contributed by atoms with van der Waals surface area (Å²) < 4.78 is 5.11. The van der Waals surface area contributed by atoms with E-state index in [1.54, 1.807) is 6.07 Å². The molecule has 2 rings (SSSR count). The molecule has 0 radical (unpaired) electrons. The van der Waals surface area contributed by atoms with Crippen LogP contribution < -0.4 is 0 Å². The van der Waals surface area contributed by atoms with E-state index in [0.29, 0.717) is 6.10 Å². The summed E-state index contributed by atoms with van der Waals surface area (Å²) in [5, 5.41) is 1.50. The number of hydrogen-bond acceptors (Lipinski definition) is 1. The van der Waals surface area contributed by atoms with Gasteiger partial charge < -0.3 is 4.74 Å². The zero-order chi connectivity index (χ0) is 8.55. The summed E-state index contributed by atoms with van der Waals surface area (Å²) in [4.78, 5) is 0. The Labute approximate surface area is 81.2 Å². The Kier molecular flexibility index (Phi) is 2.26. The second kappa shape index (κ2) is 3.25. The first-order chi connectivity index (χ1) is 5.75. The van der Waals surface area contributed by atoms with Crippen LogP contribution in [0.1, 0.15) is 5.56 Å². The molecule has 12 heavy (non-hydrogen) atoms. The lowest BCUT2D eigenvalue weighted by Gasteiger charge is -2.01. The lowest BCUT2D eigenvalue weighted by molar-refractivity contribution is 0.407. The van der Waals surface area contributed by atoms with E-state index in [-0.39, 0.29) is 0 Å². The van der Waals surface area contributed by atoms with Gasteiger partial charge in [0.1, 0.15) is 0 Å². The molecule has 64 valence electrons. The lowest BCUT2D eigenvalue weighted by Crippen LogP contribution is -1.93. The number of epoxide rings is 1. The summed E-state index contributed by atoms with van der Waals surface area (Å²) in [7, 11) is 0. The minimum atomic E-state index is 0.362. The second-order valence-corrected chi connectivity index (χ2v) is 3.74. The Morgan fingerprint density at radius 1 is 1.42 bits per heavy atom. The van der Waals surface area contributed by atoms with E-state index in [2.05, 4.69) is 0 Å². The van der Waals surface area contributed by atoms with Crippen LogP contribution >= 0.6 is 23.2 Å². The molecular weight excluding hydrogens is 195 g/mol. The maximum atomic E-state index is 5.95. The fourth-order valence-electron chi connectivity index (χ4n) is 1.13. The molecule has 1 nitrogen and oxygen atoms in total. The van der Waals surface area contributed by atoms with Gasteiger partial charge in [-0.15, -0.1) is 0 Å². The number of halogens is 2. The van der Waals surface area contributed by atoms with Crippen molar-refractivity contribution in [3.63, 3.8) is 0 Å². The van der Waals surface area contributed by atoms with Crippen molar-refractivity contribution in [1.82, 2.24) is 0 Å². The quantitative estimate of drug-likeness (QED) is 0.673. The van der Waals surface area contributed by atoms with Crippen molar-refractivity contribution in [3.8, 4) is 0 Å². The topological polar surface area (TPSA) is 12.5 Å². The Morgan fingerprint density at radius 3 is 2.83 bits per heavy atom. The molecule has 0 saturated carbocycles. The average molecular weight is 203 g/mol. The van der Waals surface area contributed by atoms with E-state index in [9.17, 15) is 0 Å². The van der Waals surface area contributed by atoms with Crippen LogP contribution in [-0.4, -0.2) is 12.7 Å². The first kappa shape index (κ1) is 8.36. The molecule has 3 heteroatoms. The summed E-state index contributed by atoms with van der Waals surface area (Å²) in [5.41, 5.74) is 1.08. The third-order valence-corrected chi connectivity index (χ3v) is 2.46. The van der Waals surface area contributed by atoms with Gasteiger partial charge in [-0.05, 0) is 23.8 Å². The average Bonchev–Trinajstić information content (AvgIpc) is 2.81. The summed E-state index contributed by atoms with van der Waals surface area (Å²) >= 11 is 11.8. The van der Waals surface area contributed by atoms with E-state index >= 15 is 0 Å². The number of hydrogen-bond donors (Lipinski definition) is 0. The van der Waals surface area contributed by atoms with Crippen molar-refractivity contribution >= 4 is 23.2 Å². The summed E-state index contributed by atoms with van der Waals surface area (Å²) in [6.07, 6.45) is 1.24. The molecule has 1 atom stereocenters. The van der Waals surface area contributed by atoms with Crippen molar-refractivity contribution < 1.29 is 4.74 Å². The minimum Gasteiger partial charge on any atom is -0.373 e. The summed E-state index contributed by atoms with van der Waals surface area (Å²) in [6.45, 7) is 0.850. The van der Waals surface area contributed by atoms with Crippen LogP contribution in [0.3, 0.4) is 0 Å². The van der Waals surface area contributed by atoms with Crippen molar-refractivity contribution in [3.05, 3.63) is 33.8 Å². The zero-order valence-electron chi connectivity index (χ0n) is 6.39. The van der Waals surface area contributed by atoms with Gasteiger partial charge in [0.15, 0.2) is 0 Å². The van der Waals surface area contributed by atoms with E-state index in [1.807, 2.05) is 12.1 Å². The van der Waals surface area contributed by atoms with Gasteiger partial charge in [-0.25, -0.2) is 0 Å². The fourth-order valence-corrected chi connectivity index (χ4v) is 1.52. The van der Waals surface area contributed by atoms with Crippen LogP contribution in [-0.2, 0) is 11.2 Å². The van der Waals surface area contributed by atoms with E-state index in [1.165, 1.54) is 0 Å². The molecule has 1 unspecified atom stereocenters. The predicted octanol–water partition coefficient (Wildman–Crippen LogP) is 2.93. The number of rotatable bonds is 2. The minimum absolute atomic E-state index is 0.362. The fraction of sp³-hybridized carbons (Fsp3) is 0.333. The van der Waals surface area contributed by atoms with E-state index in [4.69, 9.17) is 27.9 Å². The summed E-state index contributed by atoms with van der Waals surface area (Å²) in [5.74, 6) is 0. The largest absolute Gasteiger partial charge is 0.373 e. The van der Waals surface area contributed by atoms with Gasteiger partial charge >= 0.3 is 0 Å². The van der Waals surface area contributed by atoms with Crippen molar-refractivity contribution in [2.45, 2.75) is 12.5 Å². The monoisotopic (exact) mass is 202 g/mol. The SMILES string of the molecule is Clc1ccc(Cl)c(CC2CO2)c1. The molecule has 1 saturated heterocycles. The molecule has 1 aromatic carbocycles. The molecule has 0 bridgehead atoms. The van der Waals surface area contributed by atoms with Crippen LogP contribution in [0.15, 0.2) is 18.2 Å². The summed E-state index contributed by atoms with van der Waals surface area (Å²) in [6, 6.07) is 5.51. The highest BCUT2D eigenvalue weighted by Gasteiger charge is 2.23.